The third kappa shape index (κ3) is 2.33. The lowest BCUT2D eigenvalue weighted by Crippen LogP contribution is -1.90. The van der Waals surface area contributed by atoms with Gasteiger partial charge in [0, 0.05) is 10.3 Å². The van der Waals surface area contributed by atoms with Crippen molar-refractivity contribution in [1.82, 2.24) is 0 Å². The molecule has 3 heteroatoms. The zero-order valence-electron chi connectivity index (χ0n) is 5.96. The number of aliphatic hydroxyl groups excluding tert-OH is 1. The van der Waals surface area contributed by atoms with E-state index in [0.717, 1.165) is 4.88 Å². The molecule has 1 aromatic heterocycles. The number of thiophene rings is 1. The van der Waals surface area contributed by atoms with E-state index in [4.69, 9.17) is 11.6 Å². The van der Waals surface area contributed by atoms with Crippen LogP contribution >= 0.6 is 22.9 Å². The second-order valence-electron chi connectivity index (χ2n) is 2.21. The molecule has 0 aliphatic rings. The van der Waals surface area contributed by atoms with Gasteiger partial charge < -0.3 is 5.11 Å². The lowest BCUT2D eigenvalue weighted by Gasteiger charge is -2.02. The van der Waals surface area contributed by atoms with Crippen LogP contribution in [0.1, 0.15) is 17.4 Å². The third-order valence-corrected chi connectivity index (χ3v) is 2.69. The zero-order chi connectivity index (χ0) is 8.27. The number of hydrogen-bond donors (Lipinski definition) is 1. The molecule has 0 radical (unpaired) electrons. The van der Waals surface area contributed by atoms with Crippen LogP contribution in [0.2, 0.25) is 5.02 Å². The number of halogens is 1. The maximum Gasteiger partial charge on any atom is 0.0916 e. The Kier molecular flexibility index (Phi) is 3.12. The van der Waals surface area contributed by atoms with E-state index in [2.05, 4.69) is 6.58 Å². The van der Waals surface area contributed by atoms with E-state index in [9.17, 15) is 5.11 Å². The molecule has 0 spiro atoms. The third-order valence-electron chi connectivity index (χ3n) is 1.31. The van der Waals surface area contributed by atoms with Crippen LogP contribution in [0.5, 0.6) is 0 Å². The molecule has 0 aromatic carbocycles. The Bertz CT molecular complexity index is 244. The first kappa shape index (κ1) is 8.78. The Morgan fingerprint density at radius 1 is 1.82 bits per heavy atom. The Morgan fingerprint density at radius 3 is 3.00 bits per heavy atom. The molecule has 1 unspecified atom stereocenters. The summed E-state index contributed by atoms with van der Waals surface area (Å²) in [6.45, 7) is 3.54. The zero-order valence-corrected chi connectivity index (χ0v) is 7.53. The minimum absolute atomic E-state index is 0.440. The SMILES string of the molecule is C=CCC(O)c1cc(Cl)cs1. The van der Waals surface area contributed by atoms with Crippen molar-refractivity contribution >= 4 is 22.9 Å². The predicted octanol–water partition coefficient (Wildman–Crippen LogP) is 3.01. The first-order chi connectivity index (χ1) is 5.24. The van der Waals surface area contributed by atoms with Crippen molar-refractivity contribution in [3.8, 4) is 0 Å². The summed E-state index contributed by atoms with van der Waals surface area (Å²) in [5.41, 5.74) is 0. The van der Waals surface area contributed by atoms with E-state index in [1.165, 1.54) is 11.3 Å². The van der Waals surface area contributed by atoms with Gasteiger partial charge >= 0.3 is 0 Å². The number of aliphatic hydroxyl groups is 1. The Balaban J connectivity index is 2.67. The van der Waals surface area contributed by atoms with Crippen molar-refractivity contribution in [3.63, 3.8) is 0 Å². The predicted molar refractivity (Wildman–Crippen MR) is 49.1 cm³/mol. The molecule has 1 aromatic rings. The van der Waals surface area contributed by atoms with Gasteiger partial charge in [-0.05, 0) is 12.5 Å². The summed E-state index contributed by atoms with van der Waals surface area (Å²) >= 11 is 7.15. The summed E-state index contributed by atoms with van der Waals surface area (Å²) in [5.74, 6) is 0. The second kappa shape index (κ2) is 3.90. The van der Waals surface area contributed by atoms with Gasteiger partial charge in [0.05, 0.1) is 11.1 Å². The Labute approximate surface area is 74.9 Å². The summed E-state index contributed by atoms with van der Waals surface area (Å²) in [6, 6.07) is 1.78. The fourth-order valence-corrected chi connectivity index (χ4v) is 1.86. The molecular formula is C8H9ClOS. The summed E-state index contributed by atoms with van der Waals surface area (Å²) in [6.07, 6.45) is 1.83. The van der Waals surface area contributed by atoms with Gasteiger partial charge in [-0.1, -0.05) is 17.7 Å². The van der Waals surface area contributed by atoms with E-state index in [1.54, 1.807) is 12.1 Å². The Morgan fingerprint density at radius 2 is 2.55 bits per heavy atom. The summed E-state index contributed by atoms with van der Waals surface area (Å²) in [5, 5.41) is 11.9. The van der Waals surface area contributed by atoms with Gasteiger partial charge in [0.1, 0.15) is 0 Å². The van der Waals surface area contributed by atoms with Gasteiger partial charge in [-0.3, -0.25) is 0 Å². The maximum atomic E-state index is 9.41. The lowest BCUT2D eigenvalue weighted by molar-refractivity contribution is 0.185. The first-order valence-electron chi connectivity index (χ1n) is 3.27. The molecule has 1 N–H and O–H groups in total. The summed E-state index contributed by atoms with van der Waals surface area (Å²) in [7, 11) is 0. The van der Waals surface area contributed by atoms with Crippen molar-refractivity contribution in [3.05, 3.63) is 34.0 Å². The van der Waals surface area contributed by atoms with Crippen molar-refractivity contribution in [2.24, 2.45) is 0 Å². The van der Waals surface area contributed by atoms with Gasteiger partial charge in [0.25, 0.3) is 0 Å². The molecule has 11 heavy (non-hydrogen) atoms. The largest absolute Gasteiger partial charge is 0.387 e. The standard InChI is InChI=1S/C8H9ClOS/c1-2-3-7(10)8-4-6(9)5-11-8/h2,4-5,7,10H,1,3H2. The van der Waals surface area contributed by atoms with Crippen molar-refractivity contribution in [2.75, 3.05) is 0 Å². The van der Waals surface area contributed by atoms with E-state index in [1.807, 2.05) is 5.38 Å². The molecule has 60 valence electrons. The van der Waals surface area contributed by atoms with Crippen LogP contribution < -0.4 is 0 Å². The molecule has 1 nitrogen and oxygen atoms in total. The van der Waals surface area contributed by atoms with E-state index >= 15 is 0 Å². The van der Waals surface area contributed by atoms with Gasteiger partial charge in [-0.15, -0.1) is 17.9 Å². The molecule has 0 fully saturated rings. The molecule has 0 aliphatic carbocycles. The average molecular weight is 189 g/mol. The van der Waals surface area contributed by atoms with Crippen LogP contribution in [0.25, 0.3) is 0 Å². The van der Waals surface area contributed by atoms with E-state index in [0.29, 0.717) is 11.4 Å². The van der Waals surface area contributed by atoms with Gasteiger partial charge in [-0.25, -0.2) is 0 Å². The first-order valence-corrected chi connectivity index (χ1v) is 4.52. The highest BCUT2D eigenvalue weighted by molar-refractivity contribution is 7.10. The van der Waals surface area contributed by atoms with Crippen LogP contribution in [-0.4, -0.2) is 5.11 Å². The van der Waals surface area contributed by atoms with Crippen LogP contribution in [0.4, 0.5) is 0 Å². The van der Waals surface area contributed by atoms with Crippen molar-refractivity contribution in [1.29, 1.82) is 0 Å². The van der Waals surface area contributed by atoms with Crippen molar-refractivity contribution < 1.29 is 5.11 Å². The number of hydrogen-bond acceptors (Lipinski definition) is 2. The van der Waals surface area contributed by atoms with Crippen LogP contribution in [0, 0.1) is 0 Å². The van der Waals surface area contributed by atoms with Gasteiger partial charge in [0.2, 0.25) is 0 Å². The highest BCUT2D eigenvalue weighted by atomic mass is 35.5. The van der Waals surface area contributed by atoms with Crippen LogP contribution in [0.3, 0.4) is 0 Å². The average Bonchev–Trinajstić information content (AvgIpc) is 2.36. The molecular weight excluding hydrogens is 180 g/mol. The topological polar surface area (TPSA) is 20.2 Å². The molecule has 1 rings (SSSR count). The van der Waals surface area contributed by atoms with E-state index < -0.39 is 6.10 Å². The van der Waals surface area contributed by atoms with Gasteiger partial charge in [0.15, 0.2) is 0 Å². The maximum absolute atomic E-state index is 9.41. The van der Waals surface area contributed by atoms with Crippen LogP contribution in [0.15, 0.2) is 24.1 Å². The van der Waals surface area contributed by atoms with Crippen molar-refractivity contribution in [2.45, 2.75) is 12.5 Å². The Hall–Kier alpha value is -0.310. The lowest BCUT2D eigenvalue weighted by atomic mass is 10.2. The molecule has 0 amide bonds. The second-order valence-corrected chi connectivity index (χ2v) is 3.59. The smallest absolute Gasteiger partial charge is 0.0916 e. The molecule has 0 bridgehead atoms. The number of rotatable bonds is 3. The monoisotopic (exact) mass is 188 g/mol. The molecule has 0 saturated carbocycles. The quantitative estimate of drug-likeness (QED) is 0.724. The fraction of sp³-hybridized carbons (Fsp3) is 0.250. The van der Waals surface area contributed by atoms with E-state index in [-0.39, 0.29) is 0 Å². The molecule has 1 atom stereocenters. The highest BCUT2D eigenvalue weighted by Crippen LogP contribution is 2.26. The summed E-state index contributed by atoms with van der Waals surface area (Å²) in [4.78, 5) is 0.898. The van der Waals surface area contributed by atoms with Crippen LogP contribution in [-0.2, 0) is 0 Å². The fourth-order valence-electron chi connectivity index (χ4n) is 0.777. The highest BCUT2D eigenvalue weighted by Gasteiger charge is 2.07. The minimum Gasteiger partial charge on any atom is -0.387 e. The normalized spacial score (nSPS) is 12.9. The molecule has 0 aliphatic heterocycles. The van der Waals surface area contributed by atoms with Gasteiger partial charge in [-0.2, -0.15) is 0 Å². The minimum atomic E-state index is -0.440. The summed E-state index contributed by atoms with van der Waals surface area (Å²) < 4.78 is 0. The molecule has 0 saturated heterocycles. The molecule has 1 heterocycles.